The van der Waals surface area contributed by atoms with E-state index in [4.69, 9.17) is 0 Å². The van der Waals surface area contributed by atoms with Crippen molar-refractivity contribution in [2.24, 2.45) is 0 Å². The monoisotopic (exact) mass is 94.1 g/mol. The Morgan fingerprint density at radius 3 is 2.86 bits per heavy atom. The Bertz CT molecular complexity index is 72.2. The van der Waals surface area contributed by atoms with Crippen LogP contribution in [0.15, 0.2) is 0 Å². The molecule has 0 amide bonds. The van der Waals surface area contributed by atoms with E-state index in [-0.39, 0.29) is 0 Å². The van der Waals surface area contributed by atoms with E-state index < -0.39 is 0 Å². The van der Waals surface area contributed by atoms with E-state index in [2.05, 4.69) is 19.8 Å². The van der Waals surface area contributed by atoms with Crippen molar-refractivity contribution in [3.8, 4) is 0 Å². The molecule has 1 heteroatoms. The molecule has 0 atom stereocenters. The molecule has 0 heterocycles. The third-order valence-corrected chi connectivity index (χ3v) is 1.27. The van der Waals surface area contributed by atoms with Gasteiger partial charge in [-0.25, -0.2) is 0 Å². The van der Waals surface area contributed by atoms with Gasteiger partial charge in [0.15, 0.2) is 0 Å². The summed E-state index contributed by atoms with van der Waals surface area (Å²) in [5, 5.41) is 0. The molecule has 1 aliphatic carbocycles. The third kappa shape index (κ3) is 1.91. The molecule has 1 rings (SSSR count). The van der Waals surface area contributed by atoms with Crippen molar-refractivity contribution in [1.29, 1.82) is 0 Å². The number of hydrogen-bond donors (Lipinski definition) is 0. The molecule has 7 heavy (non-hydrogen) atoms. The molecule has 1 aliphatic rings. The van der Waals surface area contributed by atoms with E-state index in [1.54, 1.807) is 0 Å². The summed E-state index contributed by atoms with van der Waals surface area (Å²) in [5.41, 5.74) is 0. The van der Waals surface area contributed by atoms with Gasteiger partial charge >= 0.3 is 44.9 Å². The van der Waals surface area contributed by atoms with Crippen molar-refractivity contribution in [3.05, 3.63) is 0 Å². The Morgan fingerprint density at radius 1 is 1.71 bits per heavy atom. The van der Waals surface area contributed by atoms with Crippen molar-refractivity contribution in [2.45, 2.75) is 32.0 Å². The maximum atomic E-state index is 2.33. The topological polar surface area (TPSA) is 0 Å². The molecule has 0 saturated heterocycles. The summed E-state index contributed by atoms with van der Waals surface area (Å²) >= 11 is 0. The maximum absolute atomic E-state index is 2.33. The summed E-state index contributed by atoms with van der Waals surface area (Å²) in [6, 6.07) is 0. The molecule has 0 aromatic rings. The molecule has 0 nitrogen and oxygen atoms in total. The predicted octanol–water partition coefficient (Wildman–Crippen LogP) is 1.49. The Kier molecular flexibility index (Phi) is 1.67. The quantitative estimate of drug-likeness (QED) is 0.454. The summed E-state index contributed by atoms with van der Waals surface area (Å²) < 4.78 is 0. The van der Waals surface area contributed by atoms with Crippen molar-refractivity contribution < 1.29 is 0 Å². The summed E-state index contributed by atoms with van der Waals surface area (Å²) in [6.45, 7) is 4.51. The fourth-order valence-corrected chi connectivity index (χ4v) is 0.617. The summed E-state index contributed by atoms with van der Waals surface area (Å²) in [5.74, 6) is 3.23. The van der Waals surface area contributed by atoms with Crippen LogP contribution < -0.4 is 0 Å². The van der Waals surface area contributed by atoms with E-state index >= 15 is 0 Å². The van der Waals surface area contributed by atoms with Gasteiger partial charge < -0.3 is 0 Å². The van der Waals surface area contributed by atoms with Crippen molar-refractivity contribution in [1.82, 2.24) is 0 Å². The minimum absolute atomic E-state index is 0.972. The van der Waals surface area contributed by atoms with Crippen LogP contribution in [0, 0.1) is 0 Å². The molecule has 1 fully saturated rings. The summed E-state index contributed by atoms with van der Waals surface area (Å²) in [7, 11) is 0. The van der Waals surface area contributed by atoms with E-state index in [0.29, 0.717) is 0 Å². The van der Waals surface area contributed by atoms with Gasteiger partial charge in [-0.2, -0.15) is 0 Å². The molecule has 0 aromatic heterocycles. The SMILES string of the molecule is CCC=BC1CC1. The van der Waals surface area contributed by atoms with Gasteiger partial charge in [0.05, 0.1) is 0 Å². The first-order valence-electron chi connectivity index (χ1n) is 3.10. The molecule has 1 saturated carbocycles. The number of hydrogen-bond acceptors (Lipinski definition) is 0. The van der Waals surface area contributed by atoms with Crippen LogP contribution in [0.3, 0.4) is 0 Å². The first-order valence-corrected chi connectivity index (χ1v) is 3.10. The van der Waals surface area contributed by atoms with Gasteiger partial charge in [0, 0.05) is 0 Å². The molecule has 0 aromatic carbocycles. The standard InChI is InChI=1S/C6H11B/c1-2-5-7-6-3-4-6/h5-6H,2-4H2,1H3. The second-order valence-electron chi connectivity index (χ2n) is 2.17. The molecule has 0 spiro atoms. The Morgan fingerprint density at radius 2 is 2.43 bits per heavy atom. The average molecular weight is 94.0 g/mol. The van der Waals surface area contributed by atoms with Gasteiger partial charge in [-0.1, -0.05) is 0 Å². The van der Waals surface area contributed by atoms with E-state index in [9.17, 15) is 0 Å². The second-order valence-corrected chi connectivity index (χ2v) is 2.17. The fraction of sp³-hybridized carbons (Fsp3) is 0.833. The Labute approximate surface area is 45.8 Å². The van der Waals surface area contributed by atoms with Crippen LogP contribution in [0.1, 0.15) is 26.2 Å². The molecule has 0 bridgehead atoms. The van der Waals surface area contributed by atoms with Crippen LogP contribution >= 0.6 is 0 Å². The van der Waals surface area contributed by atoms with Gasteiger partial charge in [-0.05, 0) is 0 Å². The first kappa shape index (κ1) is 5.08. The molecule has 0 unspecified atom stereocenters. The molecule has 0 aliphatic heterocycles. The van der Waals surface area contributed by atoms with Crippen molar-refractivity contribution >= 4 is 12.9 Å². The fourth-order valence-electron chi connectivity index (χ4n) is 0.617. The average Bonchev–Trinajstić information content (AvgIpc) is 2.42. The summed E-state index contributed by atoms with van der Waals surface area (Å²) in [6.07, 6.45) is 4.09. The first-order chi connectivity index (χ1) is 3.43. The van der Waals surface area contributed by atoms with E-state index in [0.717, 1.165) is 5.82 Å². The van der Waals surface area contributed by atoms with Crippen LogP contribution in [0.25, 0.3) is 0 Å². The molecular formula is C6H11B. The molecule has 38 valence electrons. The van der Waals surface area contributed by atoms with Gasteiger partial charge in [-0.3, -0.25) is 0 Å². The van der Waals surface area contributed by atoms with Gasteiger partial charge in [0.1, 0.15) is 0 Å². The van der Waals surface area contributed by atoms with Gasteiger partial charge in [0.2, 0.25) is 0 Å². The van der Waals surface area contributed by atoms with Crippen LogP contribution in [0.5, 0.6) is 0 Å². The zero-order valence-electron chi connectivity index (χ0n) is 4.85. The van der Waals surface area contributed by atoms with Crippen molar-refractivity contribution in [3.63, 3.8) is 0 Å². The minimum atomic E-state index is 0.972. The zero-order valence-corrected chi connectivity index (χ0v) is 4.85. The van der Waals surface area contributed by atoms with Crippen LogP contribution in [-0.2, 0) is 0 Å². The Hall–Kier alpha value is -0.0651. The van der Waals surface area contributed by atoms with Gasteiger partial charge in [-0.15, -0.1) is 0 Å². The zero-order chi connectivity index (χ0) is 5.11. The normalized spacial score (nSPS) is 20.1. The van der Waals surface area contributed by atoms with Gasteiger partial charge in [0.25, 0.3) is 0 Å². The van der Waals surface area contributed by atoms with Crippen molar-refractivity contribution in [2.75, 3.05) is 0 Å². The van der Waals surface area contributed by atoms with Crippen LogP contribution in [0.4, 0.5) is 0 Å². The number of rotatable bonds is 2. The molecule has 0 radical (unpaired) electrons. The summed E-state index contributed by atoms with van der Waals surface area (Å²) in [4.78, 5) is 0. The van der Waals surface area contributed by atoms with E-state index in [1.165, 1.54) is 19.3 Å². The van der Waals surface area contributed by atoms with Crippen LogP contribution in [-0.4, -0.2) is 12.9 Å². The van der Waals surface area contributed by atoms with E-state index in [1.807, 2.05) is 0 Å². The molecular weight excluding hydrogens is 82.9 g/mol. The molecule has 0 N–H and O–H groups in total. The van der Waals surface area contributed by atoms with Crippen LogP contribution in [0.2, 0.25) is 5.82 Å². The third-order valence-electron chi connectivity index (χ3n) is 1.27. The predicted molar refractivity (Wildman–Crippen MR) is 35.1 cm³/mol. The Balaban J connectivity index is 2.05. The second kappa shape index (κ2) is 2.30.